The first kappa shape index (κ1) is 15.2. The van der Waals surface area contributed by atoms with Crippen LogP contribution in [0.25, 0.3) is 0 Å². The predicted molar refractivity (Wildman–Crippen MR) is 74.7 cm³/mol. The minimum absolute atomic E-state index is 0.00641. The summed E-state index contributed by atoms with van der Waals surface area (Å²) < 4.78 is 27.0. The molecule has 0 unspecified atom stereocenters. The molecular weight excluding hydrogens is 302 g/mol. The maximum absolute atomic E-state index is 13.1. The molecule has 0 bridgehead atoms. The third kappa shape index (κ3) is 5.23. The van der Waals surface area contributed by atoms with Crippen molar-refractivity contribution in [1.82, 2.24) is 4.90 Å². The van der Waals surface area contributed by atoms with Gasteiger partial charge in [0.1, 0.15) is 0 Å². The minimum Gasteiger partial charge on any atom is -0.309 e. The standard InChI is InChI=1S/C13H17BrF2N2/c1-11(12(14)5-7-17)4-2-8-18-9-3-6-13(15,16)10-18/h2,4-5,7,17H,1,3,6,8-10H2/b4-2?,12-5+,17-7?. The van der Waals surface area contributed by atoms with Crippen LogP contribution in [-0.2, 0) is 0 Å². The van der Waals surface area contributed by atoms with Gasteiger partial charge in [0.05, 0.1) is 6.54 Å². The molecule has 0 spiro atoms. The highest BCUT2D eigenvalue weighted by molar-refractivity contribution is 9.12. The Morgan fingerprint density at radius 1 is 1.50 bits per heavy atom. The van der Waals surface area contributed by atoms with E-state index in [2.05, 4.69) is 22.5 Å². The first-order valence-electron chi connectivity index (χ1n) is 5.77. The van der Waals surface area contributed by atoms with E-state index in [1.165, 1.54) is 0 Å². The molecule has 1 rings (SSSR count). The van der Waals surface area contributed by atoms with Gasteiger partial charge in [-0.3, -0.25) is 4.90 Å². The Hall–Kier alpha value is -0.810. The molecule has 0 aliphatic carbocycles. The highest BCUT2D eigenvalue weighted by Crippen LogP contribution is 2.26. The SMILES string of the molecule is C=C(C=CCN1CCCC(F)(F)C1)/C(Br)=C\C=N. The quantitative estimate of drug-likeness (QED) is 0.606. The van der Waals surface area contributed by atoms with Crippen LogP contribution < -0.4 is 0 Å². The second-order valence-electron chi connectivity index (χ2n) is 4.30. The third-order valence-corrected chi connectivity index (χ3v) is 3.46. The molecule has 0 saturated carbocycles. The molecule has 1 aliphatic rings. The molecule has 0 aromatic heterocycles. The lowest BCUT2D eigenvalue weighted by Crippen LogP contribution is -2.42. The van der Waals surface area contributed by atoms with E-state index in [-0.39, 0.29) is 13.0 Å². The fraction of sp³-hybridized carbons (Fsp3) is 0.462. The summed E-state index contributed by atoms with van der Waals surface area (Å²) in [5, 5.41) is 6.92. The summed E-state index contributed by atoms with van der Waals surface area (Å²) in [5.74, 6) is -2.55. The van der Waals surface area contributed by atoms with Gasteiger partial charge in [-0.25, -0.2) is 8.78 Å². The van der Waals surface area contributed by atoms with Crippen LogP contribution in [-0.4, -0.2) is 36.7 Å². The van der Waals surface area contributed by atoms with E-state index >= 15 is 0 Å². The topological polar surface area (TPSA) is 27.1 Å². The molecule has 0 aromatic rings. The number of hydrogen-bond donors (Lipinski definition) is 1. The lowest BCUT2D eigenvalue weighted by molar-refractivity contribution is -0.0609. The van der Waals surface area contributed by atoms with E-state index in [9.17, 15) is 8.78 Å². The molecular formula is C13H17BrF2N2. The van der Waals surface area contributed by atoms with Crippen LogP contribution >= 0.6 is 15.9 Å². The minimum atomic E-state index is -2.55. The Bertz CT molecular complexity index is 375. The van der Waals surface area contributed by atoms with Gasteiger partial charge in [0.15, 0.2) is 0 Å². The lowest BCUT2D eigenvalue weighted by Gasteiger charge is -2.31. The van der Waals surface area contributed by atoms with E-state index in [4.69, 9.17) is 5.41 Å². The number of allylic oxidation sites excluding steroid dienone is 4. The van der Waals surface area contributed by atoms with Crippen LogP contribution in [0.1, 0.15) is 12.8 Å². The number of hydrogen-bond acceptors (Lipinski definition) is 2. The lowest BCUT2D eigenvalue weighted by atomic mass is 10.1. The molecule has 18 heavy (non-hydrogen) atoms. The highest BCUT2D eigenvalue weighted by Gasteiger charge is 2.34. The number of likely N-dealkylation sites (tertiary alicyclic amines) is 1. The van der Waals surface area contributed by atoms with E-state index in [0.29, 0.717) is 19.5 Å². The third-order valence-electron chi connectivity index (χ3n) is 2.69. The first-order valence-corrected chi connectivity index (χ1v) is 6.56. The van der Waals surface area contributed by atoms with Crippen LogP contribution in [0.3, 0.4) is 0 Å². The number of alkyl halides is 2. The summed E-state index contributed by atoms with van der Waals surface area (Å²) in [6.45, 7) is 4.86. The molecule has 0 atom stereocenters. The van der Waals surface area contributed by atoms with Gasteiger partial charge in [0.25, 0.3) is 5.92 Å². The van der Waals surface area contributed by atoms with Crippen LogP contribution in [0.2, 0.25) is 0 Å². The van der Waals surface area contributed by atoms with Crippen molar-refractivity contribution in [2.75, 3.05) is 19.6 Å². The molecule has 1 saturated heterocycles. The molecule has 2 nitrogen and oxygen atoms in total. The number of nitrogens with zero attached hydrogens (tertiary/aromatic N) is 1. The first-order chi connectivity index (χ1) is 8.44. The molecule has 1 N–H and O–H groups in total. The fourth-order valence-electron chi connectivity index (χ4n) is 1.81. The zero-order valence-corrected chi connectivity index (χ0v) is 11.7. The predicted octanol–water partition coefficient (Wildman–Crippen LogP) is 3.76. The summed E-state index contributed by atoms with van der Waals surface area (Å²) in [6, 6.07) is 0. The van der Waals surface area contributed by atoms with Crippen molar-refractivity contribution in [1.29, 1.82) is 5.41 Å². The summed E-state index contributed by atoms with van der Waals surface area (Å²) in [7, 11) is 0. The molecule has 1 fully saturated rings. The average Bonchev–Trinajstić information content (AvgIpc) is 2.28. The summed E-state index contributed by atoms with van der Waals surface area (Å²) >= 11 is 3.27. The molecule has 0 amide bonds. The van der Waals surface area contributed by atoms with Gasteiger partial charge in [-0.15, -0.1) is 0 Å². The summed E-state index contributed by atoms with van der Waals surface area (Å²) in [4.78, 5) is 1.74. The highest BCUT2D eigenvalue weighted by atomic mass is 79.9. The maximum Gasteiger partial charge on any atom is 0.260 e. The zero-order valence-electron chi connectivity index (χ0n) is 10.1. The number of piperidine rings is 1. The molecule has 0 radical (unpaired) electrons. The van der Waals surface area contributed by atoms with Gasteiger partial charge in [0, 0.05) is 23.7 Å². The molecule has 5 heteroatoms. The Kier molecular flexibility index (Phi) is 5.88. The van der Waals surface area contributed by atoms with E-state index in [0.717, 1.165) is 16.3 Å². The second-order valence-corrected chi connectivity index (χ2v) is 5.16. The van der Waals surface area contributed by atoms with Crippen LogP contribution in [0, 0.1) is 5.41 Å². The van der Waals surface area contributed by atoms with Crippen LogP contribution in [0.5, 0.6) is 0 Å². The molecule has 1 aliphatic heterocycles. The van der Waals surface area contributed by atoms with Crippen molar-refractivity contribution in [3.05, 3.63) is 34.9 Å². The van der Waals surface area contributed by atoms with E-state index in [1.807, 2.05) is 6.08 Å². The molecule has 0 aromatic carbocycles. The largest absolute Gasteiger partial charge is 0.309 e. The number of halogens is 3. The van der Waals surface area contributed by atoms with Crippen molar-refractivity contribution in [3.8, 4) is 0 Å². The maximum atomic E-state index is 13.1. The zero-order chi connectivity index (χ0) is 13.6. The van der Waals surface area contributed by atoms with Crippen molar-refractivity contribution in [2.24, 2.45) is 0 Å². The number of rotatable bonds is 5. The van der Waals surface area contributed by atoms with Gasteiger partial charge in [-0.2, -0.15) is 0 Å². The van der Waals surface area contributed by atoms with Crippen LogP contribution in [0.4, 0.5) is 8.78 Å². The number of nitrogens with one attached hydrogen (secondary N) is 1. The van der Waals surface area contributed by atoms with Gasteiger partial charge in [-0.1, -0.05) is 34.7 Å². The Morgan fingerprint density at radius 3 is 2.83 bits per heavy atom. The van der Waals surface area contributed by atoms with Crippen LogP contribution in [0.15, 0.2) is 34.9 Å². The molecule has 100 valence electrons. The van der Waals surface area contributed by atoms with E-state index < -0.39 is 5.92 Å². The monoisotopic (exact) mass is 318 g/mol. The average molecular weight is 319 g/mol. The van der Waals surface area contributed by atoms with Gasteiger partial charge in [0.2, 0.25) is 0 Å². The van der Waals surface area contributed by atoms with Gasteiger partial charge in [-0.05, 0) is 24.6 Å². The summed E-state index contributed by atoms with van der Waals surface area (Å²) in [5.41, 5.74) is 0.724. The molecule has 1 heterocycles. The van der Waals surface area contributed by atoms with Gasteiger partial charge >= 0.3 is 0 Å². The van der Waals surface area contributed by atoms with Crippen molar-refractivity contribution in [3.63, 3.8) is 0 Å². The normalized spacial score (nSPS) is 21.2. The Labute approximate surface area is 115 Å². The smallest absolute Gasteiger partial charge is 0.260 e. The fourth-order valence-corrected chi connectivity index (χ4v) is 2.07. The Balaban J connectivity index is 2.43. The van der Waals surface area contributed by atoms with E-state index in [1.54, 1.807) is 17.1 Å². The summed E-state index contributed by atoms with van der Waals surface area (Å²) in [6.07, 6.45) is 6.86. The van der Waals surface area contributed by atoms with Crippen molar-refractivity contribution in [2.45, 2.75) is 18.8 Å². The van der Waals surface area contributed by atoms with Crippen molar-refractivity contribution < 1.29 is 8.78 Å². The second kappa shape index (κ2) is 6.95. The van der Waals surface area contributed by atoms with Crippen molar-refractivity contribution >= 4 is 22.1 Å². The Morgan fingerprint density at radius 2 is 2.22 bits per heavy atom. The van der Waals surface area contributed by atoms with Gasteiger partial charge < -0.3 is 5.41 Å².